The van der Waals surface area contributed by atoms with Gasteiger partial charge in [-0.1, -0.05) is 35.5 Å². The van der Waals surface area contributed by atoms with Gasteiger partial charge in [-0.2, -0.15) is 0 Å². The van der Waals surface area contributed by atoms with Gasteiger partial charge in [-0.15, -0.1) is 16.4 Å². The molecule has 2 aromatic heterocycles. The number of aryl methyl sites for hydroxylation is 3. The summed E-state index contributed by atoms with van der Waals surface area (Å²) in [6, 6.07) is 8.10. The second kappa shape index (κ2) is 7.41. The number of H-pyrrole nitrogens is 1. The van der Waals surface area contributed by atoms with Crippen molar-refractivity contribution in [3.63, 3.8) is 0 Å². The van der Waals surface area contributed by atoms with Gasteiger partial charge in [-0.05, 0) is 50.3 Å². The number of nitrogens with zero attached hydrogens (tertiary/aromatic N) is 2. The van der Waals surface area contributed by atoms with E-state index in [-0.39, 0.29) is 11.2 Å². The van der Waals surface area contributed by atoms with Crippen LogP contribution in [0.25, 0.3) is 10.7 Å². The first-order valence-corrected chi connectivity index (χ1v) is 9.71. The van der Waals surface area contributed by atoms with Crippen molar-refractivity contribution in [2.24, 2.45) is 0 Å². The lowest BCUT2D eigenvalue weighted by atomic mass is 10.1. The van der Waals surface area contributed by atoms with E-state index < -0.39 is 0 Å². The summed E-state index contributed by atoms with van der Waals surface area (Å²) in [4.78, 5) is 18.0. The zero-order valence-electron chi connectivity index (χ0n) is 14.6. The van der Waals surface area contributed by atoms with Crippen LogP contribution in [0, 0.1) is 20.8 Å². The largest absolute Gasteiger partial charge is 0.325 e. The van der Waals surface area contributed by atoms with Crippen molar-refractivity contribution in [3.05, 3.63) is 46.3 Å². The van der Waals surface area contributed by atoms with E-state index in [0.29, 0.717) is 5.16 Å². The number of hydrogen-bond donors (Lipinski definition) is 2. The van der Waals surface area contributed by atoms with Gasteiger partial charge in [0.05, 0.1) is 10.1 Å². The zero-order chi connectivity index (χ0) is 18.0. The topological polar surface area (TPSA) is 70.7 Å². The molecule has 3 aromatic rings. The fourth-order valence-corrected chi connectivity index (χ4v) is 4.02. The number of thiophene rings is 1. The molecule has 0 unspecified atom stereocenters. The van der Waals surface area contributed by atoms with Gasteiger partial charge in [0.2, 0.25) is 11.1 Å². The molecule has 0 radical (unpaired) electrons. The van der Waals surface area contributed by atoms with Gasteiger partial charge in [0.1, 0.15) is 0 Å². The van der Waals surface area contributed by atoms with Crippen LogP contribution >= 0.6 is 23.1 Å². The lowest BCUT2D eigenvalue weighted by Crippen LogP contribution is -2.23. The van der Waals surface area contributed by atoms with E-state index in [4.69, 9.17) is 0 Å². The number of rotatable bonds is 5. The Balaban J connectivity index is 1.67. The summed E-state index contributed by atoms with van der Waals surface area (Å²) < 4.78 is 0. The molecule has 0 aliphatic rings. The Morgan fingerprint density at radius 3 is 2.64 bits per heavy atom. The number of carbonyl (C=O) groups is 1. The number of aromatic amines is 1. The molecule has 0 saturated heterocycles. The van der Waals surface area contributed by atoms with Gasteiger partial charge in [0, 0.05) is 5.69 Å². The first-order chi connectivity index (χ1) is 11.9. The molecule has 0 bridgehead atoms. The average Bonchev–Trinajstić information content (AvgIpc) is 3.21. The van der Waals surface area contributed by atoms with Crippen molar-refractivity contribution in [2.45, 2.75) is 38.1 Å². The second-order valence-corrected chi connectivity index (χ2v) is 8.22. The smallest absolute Gasteiger partial charge is 0.237 e. The third-order valence-electron chi connectivity index (χ3n) is 3.80. The molecule has 1 amide bonds. The lowest BCUT2D eigenvalue weighted by Gasteiger charge is -2.15. The van der Waals surface area contributed by atoms with E-state index in [1.54, 1.807) is 11.3 Å². The summed E-state index contributed by atoms with van der Waals surface area (Å²) in [6.07, 6.45) is 0. The van der Waals surface area contributed by atoms with E-state index in [9.17, 15) is 4.79 Å². The highest BCUT2D eigenvalue weighted by Crippen LogP contribution is 2.27. The molecule has 2 heterocycles. The van der Waals surface area contributed by atoms with Crippen LogP contribution < -0.4 is 5.32 Å². The van der Waals surface area contributed by atoms with Gasteiger partial charge >= 0.3 is 0 Å². The van der Waals surface area contributed by atoms with Crippen molar-refractivity contribution in [3.8, 4) is 10.7 Å². The zero-order valence-corrected chi connectivity index (χ0v) is 16.2. The standard InChI is InChI=1S/C18H20N4OS2/c1-10-8-11(2)15(12(3)9-10)19-17(23)13(4)25-18-20-16(21-22-18)14-6-5-7-24-14/h5-9,13H,1-4H3,(H,19,23)(H,20,21,22)/t13-/m0/s1. The quantitative estimate of drug-likeness (QED) is 0.643. The fourth-order valence-electron chi connectivity index (χ4n) is 2.64. The molecular formula is C18H20N4OS2. The van der Waals surface area contributed by atoms with Crippen LogP contribution in [0.3, 0.4) is 0 Å². The van der Waals surface area contributed by atoms with E-state index in [2.05, 4.69) is 39.6 Å². The van der Waals surface area contributed by atoms with Crippen LogP contribution in [0.5, 0.6) is 0 Å². The summed E-state index contributed by atoms with van der Waals surface area (Å²) >= 11 is 2.94. The average molecular weight is 373 g/mol. The van der Waals surface area contributed by atoms with Crippen molar-refractivity contribution in [1.82, 2.24) is 15.2 Å². The molecule has 0 fully saturated rings. The van der Waals surface area contributed by atoms with Crippen molar-refractivity contribution in [1.29, 1.82) is 0 Å². The van der Waals surface area contributed by atoms with Gasteiger partial charge < -0.3 is 5.32 Å². The molecule has 5 nitrogen and oxygen atoms in total. The highest BCUT2D eigenvalue weighted by molar-refractivity contribution is 8.00. The fraction of sp³-hybridized carbons (Fsp3) is 0.278. The van der Waals surface area contributed by atoms with Gasteiger partial charge in [-0.3, -0.25) is 9.89 Å². The second-order valence-electron chi connectivity index (χ2n) is 5.97. The van der Waals surface area contributed by atoms with E-state index in [1.807, 2.05) is 38.3 Å². The Morgan fingerprint density at radius 2 is 2.00 bits per heavy atom. The van der Waals surface area contributed by atoms with Crippen LogP contribution in [0.4, 0.5) is 5.69 Å². The third kappa shape index (κ3) is 4.11. The first kappa shape index (κ1) is 17.7. The van der Waals surface area contributed by atoms with E-state index >= 15 is 0 Å². The molecule has 0 saturated carbocycles. The van der Waals surface area contributed by atoms with Gasteiger partial charge in [-0.25, -0.2) is 4.98 Å². The Morgan fingerprint density at radius 1 is 1.28 bits per heavy atom. The highest BCUT2D eigenvalue weighted by Gasteiger charge is 2.19. The van der Waals surface area contributed by atoms with Crippen LogP contribution in [0.15, 0.2) is 34.8 Å². The lowest BCUT2D eigenvalue weighted by molar-refractivity contribution is -0.115. The molecule has 1 aromatic carbocycles. The number of aromatic nitrogens is 3. The summed E-state index contributed by atoms with van der Waals surface area (Å²) in [5.41, 5.74) is 4.22. The predicted octanol–water partition coefficient (Wildman–Crippen LogP) is 4.58. The summed E-state index contributed by atoms with van der Waals surface area (Å²) in [6.45, 7) is 7.94. The van der Waals surface area contributed by atoms with Crippen LogP contribution in [-0.4, -0.2) is 26.3 Å². The number of carbonyl (C=O) groups excluding carboxylic acids is 1. The first-order valence-electron chi connectivity index (χ1n) is 7.95. The minimum absolute atomic E-state index is 0.0532. The summed E-state index contributed by atoms with van der Waals surface area (Å²) in [5.74, 6) is 0.679. The number of amides is 1. The Bertz CT molecular complexity index is 863. The molecule has 0 aliphatic heterocycles. The van der Waals surface area contributed by atoms with Crippen LogP contribution in [0.2, 0.25) is 0 Å². The molecular weight excluding hydrogens is 352 g/mol. The van der Waals surface area contributed by atoms with Crippen molar-refractivity contribution >= 4 is 34.7 Å². The maximum atomic E-state index is 12.5. The van der Waals surface area contributed by atoms with Gasteiger partial charge in [0.25, 0.3) is 0 Å². The molecule has 2 N–H and O–H groups in total. The van der Waals surface area contributed by atoms with Gasteiger partial charge in [0.15, 0.2) is 5.82 Å². The number of hydrogen-bond acceptors (Lipinski definition) is 5. The molecule has 7 heteroatoms. The molecule has 0 aliphatic carbocycles. The van der Waals surface area contributed by atoms with E-state index in [1.165, 1.54) is 17.3 Å². The molecule has 0 spiro atoms. The molecule has 1 atom stereocenters. The number of thioether (sulfide) groups is 1. The normalized spacial score (nSPS) is 12.2. The van der Waals surface area contributed by atoms with Crippen molar-refractivity contribution in [2.75, 3.05) is 5.32 Å². The van der Waals surface area contributed by atoms with Crippen molar-refractivity contribution < 1.29 is 4.79 Å². The maximum Gasteiger partial charge on any atom is 0.237 e. The minimum atomic E-state index is -0.299. The Kier molecular flexibility index (Phi) is 5.24. The Labute approximate surface area is 155 Å². The van der Waals surface area contributed by atoms with E-state index in [0.717, 1.165) is 27.5 Å². The molecule has 25 heavy (non-hydrogen) atoms. The monoisotopic (exact) mass is 372 g/mol. The highest BCUT2D eigenvalue weighted by atomic mass is 32.2. The molecule has 3 rings (SSSR count). The number of nitrogens with one attached hydrogen (secondary N) is 2. The predicted molar refractivity (Wildman–Crippen MR) is 104 cm³/mol. The SMILES string of the molecule is Cc1cc(C)c(NC(=O)[C@H](C)Sc2n[nH]c(-c3cccs3)n2)c(C)c1. The number of anilines is 1. The molecule has 130 valence electrons. The number of benzene rings is 1. The minimum Gasteiger partial charge on any atom is -0.325 e. The summed E-state index contributed by atoms with van der Waals surface area (Å²) in [7, 11) is 0. The third-order valence-corrected chi connectivity index (χ3v) is 5.63. The van der Waals surface area contributed by atoms with Crippen LogP contribution in [-0.2, 0) is 4.79 Å². The summed E-state index contributed by atoms with van der Waals surface area (Å²) in [5, 5.41) is 12.4. The van der Waals surface area contributed by atoms with Crippen LogP contribution in [0.1, 0.15) is 23.6 Å². The Hall–Kier alpha value is -2.12. The maximum absolute atomic E-state index is 12.5.